The highest BCUT2D eigenvalue weighted by atomic mass is 19.4. The lowest BCUT2D eigenvalue weighted by Gasteiger charge is -2.06. The summed E-state index contributed by atoms with van der Waals surface area (Å²) in [6, 6.07) is 17.4. The van der Waals surface area contributed by atoms with Gasteiger partial charge in [-0.05, 0) is 24.3 Å². The fraction of sp³-hybridized carbons (Fsp3) is 0.381. The van der Waals surface area contributed by atoms with E-state index in [1.54, 1.807) is 48.5 Å². The summed E-state index contributed by atoms with van der Waals surface area (Å²) >= 11 is 0. The first-order valence-electron chi connectivity index (χ1n) is 9.37. The molecule has 0 amide bonds. The Balaban J connectivity index is 0.000000222. The summed E-state index contributed by atoms with van der Waals surface area (Å²) in [5, 5.41) is 17.3. The Kier molecular flexibility index (Phi) is 11.7. The lowest BCUT2D eigenvalue weighted by molar-refractivity contribution is -0.217. The lowest BCUT2D eigenvalue weighted by atomic mass is 10.3. The lowest BCUT2D eigenvalue weighted by Crippen LogP contribution is -2.36. The van der Waals surface area contributed by atoms with Crippen LogP contribution in [0.1, 0.15) is 0 Å². The Bertz CT molecular complexity index is 725. The molecule has 2 unspecified atom stereocenters. The van der Waals surface area contributed by atoms with E-state index in [0.29, 0.717) is 23.7 Å². The van der Waals surface area contributed by atoms with Crippen molar-refractivity contribution in [2.45, 2.75) is 24.6 Å². The van der Waals surface area contributed by atoms with Gasteiger partial charge in [-0.2, -0.15) is 26.3 Å². The molecule has 2 N–H and O–H groups in total. The first kappa shape index (κ1) is 28.2. The predicted octanol–water partition coefficient (Wildman–Crippen LogP) is 4.27. The van der Waals surface area contributed by atoms with Gasteiger partial charge in [-0.3, -0.25) is 4.79 Å². The number of phenols is 2. The quantitative estimate of drug-likeness (QED) is 0.498. The highest BCUT2D eigenvalue weighted by molar-refractivity contribution is 5.89. The fourth-order valence-electron chi connectivity index (χ4n) is 1.68. The summed E-state index contributed by atoms with van der Waals surface area (Å²) in [6.45, 7) is 3.26. The van der Waals surface area contributed by atoms with Crippen LogP contribution in [0.25, 0.3) is 0 Å². The number of phenolic OH excluding ortho intramolecular Hbond substituents is 2. The summed E-state index contributed by atoms with van der Waals surface area (Å²) in [6.07, 6.45) is -10.9. The molecule has 0 spiro atoms. The molecule has 0 radical (unpaired) electrons. The molecular formula is C21H22F6O6. The van der Waals surface area contributed by atoms with Crippen LogP contribution in [0, 0.1) is 0 Å². The van der Waals surface area contributed by atoms with Crippen molar-refractivity contribution in [3.05, 3.63) is 60.7 Å². The number of epoxide rings is 2. The molecule has 2 fully saturated rings. The molecule has 0 aliphatic carbocycles. The van der Waals surface area contributed by atoms with Gasteiger partial charge in [0.15, 0.2) is 0 Å². The number of aromatic hydroxyl groups is 2. The van der Waals surface area contributed by atoms with E-state index in [1.807, 2.05) is 12.1 Å². The number of ether oxygens (including phenoxy) is 3. The molecule has 2 aliphatic rings. The van der Waals surface area contributed by atoms with E-state index in [4.69, 9.17) is 24.4 Å². The zero-order valence-electron chi connectivity index (χ0n) is 17.1. The highest BCUT2D eigenvalue weighted by Crippen LogP contribution is 2.28. The summed E-state index contributed by atoms with van der Waals surface area (Å²) < 4.78 is 80.4. The van der Waals surface area contributed by atoms with Crippen molar-refractivity contribution in [1.29, 1.82) is 0 Å². The monoisotopic (exact) mass is 484 g/mol. The van der Waals surface area contributed by atoms with E-state index >= 15 is 0 Å². The third kappa shape index (κ3) is 15.6. The van der Waals surface area contributed by atoms with Crippen LogP contribution in [0.15, 0.2) is 60.7 Å². The van der Waals surface area contributed by atoms with Crippen molar-refractivity contribution < 1.29 is 55.6 Å². The molecule has 0 saturated carbocycles. The van der Waals surface area contributed by atoms with Crippen LogP contribution in [0.4, 0.5) is 26.3 Å². The Labute approximate surface area is 185 Å². The topological polar surface area (TPSA) is 91.8 Å². The minimum atomic E-state index is -5.82. The maximum atomic E-state index is 10.9. The number of para-hydroxylation sites is 2. The maximum absolute atomic E-state index is 10.9. The molecule has 2 aromatic rings. The smallest absolute Gasteiger partial charge is 0.459 e. The van der Waals surface area contributed by atoms with Gasteiger partial charge in [0.25, 0.3) is 0 Å². The molecule has 6 nitrogen and oxygen atoms in total. The SMILES string of the molecule is C(OCC1CO1)C1CO1.O=C(C(F)(F)F)C(F)(F)F.Oc1ccccc1.Oc1ccccc1. The molecule has 0 aromatic heterocycles. The van der Waals surface area contributed by atoms with E-state index in [1.165, 1.54) is 0 Å². The van der Waals surface area contributed by atoms with Gasteiger partial charge in [0, 0.05) is 0 Å². The van der Waals surface area contributed by atoms with Crippen molar-refractivity contribution in [2.75, 3.05) is 26.4 Å². The van der Waals surface area contributed by atoms with Crippen molar-refractivity contribution in [2.24, 2.45) is 0 Å². The van der Waals surface area contributed by atoms with Gasteiger partial charge in [-0.1, -0.05) is 36.4 Å². The van der Waals surface area contributed by atoms with Crippen LogP contribution in [0.2, 0.25) is 0 Å². The number of ketones is 1. The number of hydrogen-bond acceptors (Lipinski definition) is 6. The fourth-order valence-corrected chi connectivity index (χ4v) is 1.68. The summed E-state index contributed by atoms with van der Waals surface area (Å²) in [4.78, 5) is 9.24. The van der Waals surface area contributed by atoms with Gasteiger partial charge in [-0.15, -0.1) is 0 Å². The summed E-state index contributed by atoms with van der Waals surface area (Å²) in [5.41, 5.74) is 0. The zero-order chi connectivity index (χ0) is 24.9. The van der Waals surface area contributed by atoms with Crippen LogP contribution >= 0.6 is 0 Å². The van der Waals surface area contributed by atoms with Gasteiger partial charge in [0.05, 0.1) is 26.4 Å². The largest absolute Gasteiger partial charge is 0.508 e. The number of Topliss-reactive ketones (excluding diaryl/α,β-unsaturated/α-hetero) is 1. The van der Waals surface area contributed by atoms with Crippen LogP contribution in [-0.4, -0.2) is 67.0 Å². The molecule has 0 bridgehead atoms. The van der Waals surface area contributed by atoms with Gasteiger partial charge < -0.3 is 24.4 Å². The van der Waals surface area contributed by atoms with E-state index < -0.39 is 18.1 Å². The van der Waals surface area contributed by atoms with Gasteiger partial charge in [0.2, 0.25) is 0 Å². The summed E-state index contributed by atoms with van der Waals surface area (Å²) in [5.74, 6) is -3.04. The third-order valence-electron chi connectivity index (χ3n) is 3.44. The number of halogens is 6. The number of hydrogen-bond donors (Lipinski definition) is 2. The highest BCUT2D eigenvalue weighted by Gasteiger charge is 2.55. The number of alkyl halides is 6. The third-order valence-corrected chi connectivity index (χ3v) is 3.44. The molecule has 2 aliphatic heterocycles. The van der Waals surface area contributed by atoms with E-state index in [-0.39, 0.29) is 0 Å². The minimum Gasteiger partial charge on any atom is -0.508 e. The second kappa shape index (κ2) is 13.7. The Hall–Kier alpha value is -2.83. The first-order chi connectivity index (χ1) is 15.4. The second-order valence-corrected chi connectivity index (χ2v) is 6.44. The molecular weight excluding hydrogens is 462 g/mol. The Morgan fingerprint density at radius 2 is 1.06 bits per heavy atom. The molecule has 2 saturated heterocycles. The van der Waals surface area contributed by atoms with Crippen LogP contribution in [-0.2, 0) is 19.0 Å². The molecule has 2 aromatic carbocycles. The number of rotatable bonds is 4. The standard InChI is InChI=1S/C6H10O3.2C6H6O.C3F6O/c1(5-3-8-5)7-2-6-4-9-6;2*7-6-4-2-1-3-5-6;4-2(5,6)1(10)3(7,8)9/h5-6H,1-4H2;2*1-5,7H;. The average molecular weight is 484 g/mol. The van der Waals surface area contributed by atoms with Crippen LogP contribution in [0.5, 0.6) is 11.5 Å². The van der Waals surface area contributed by atoms with Gasteiger partial charge >= 0.3 is 18.1 Å². The van der Waals surface area contributed by atoms with E-state index in [0.717, 1.165) is 26.4 Å². The minimum absolute atomic E-state index is 0.322. The second-order valence-electron chi connectivity index (χ2n) is 6.44. The summed E-state index contributed by atoms with van der Waals surface area (Å²) in [7, 11) is 0. The number of benzene rings is 2. The zero-order valence-corrected chi connectivity index (χ0v) is 17.1. The average Bonchev–Trinajstić information content (AvgIpc) is 3.65. The van der Waals surface area contributed by atoms with Crippen molar-refractivity contribution in [1.82, 2.24) is 0 Å². The predicted molar refractivity (Wildman–Crippen MR) is 104 cm³/mol. The molecule has 2 heterocycles. The van der Waals surface area contributed by atoms with Gasteiger partial charge in [-0.25, -0.2) is 0 Å². The van der Waals surface area contributed by atoms with E-state index in [9.17, 15) is 31.1 Å². The molecule has 4 rings (SSSR count). The van der Waals surface area contributed by atoms with Gasteiger partial charge in [0.1, 0.15) is 23.7 Å². The van der Waals surface area contributed by atoms with Crippen LogP contribution in [0.3, 0.4) is 0 Å². The van der Waals surface area contributed by atoms with Crippen molar-refractivity contribution >= 4 is 5.78 Å². The number of carbonyl (C=O) groups is 1. The molecule has 2 atom stereocenters. The van der Waals surface area contributed by atoms with E-state index in [2.05, 4.69) is 0 Å². The normalized spacial score (nSPS) is 18.2. The maximum Gasteiger partial charge on any atom is 0.459 e. The van der Waals surface area contributed by atoms with Crippen molar-refractivity contribution in [3.8, 4) is 11.5 Å². The molecule has 33 heavy (non-hydrogen) atoms. The molecule has 184 valence electrons. The van der Waals surface area contributed by atoms with Crippen molar-refractivity contribution in [3.63, 3.8) is 0 Å². The van der Waals surface area contributed by atoms with Crippen LogP contribution < -0.4 is 0 Å². The molecule has 12 heteroatoms. The number of carbonyl (C=O) groups excluding carboxylic acids is 1. The Morgan fingerprint density at radius 3 is 1.21 bits per heavy atom. The Morgan fingerprint density at radius 1 is 0.758 bits per heavy atom. The first-order valence-corrected chi connectivity index (χ1v) is 9.37.